The van der Waals surface area contributed by atoms with Gasteiger partial charge in [-0.1, -0.05) is 24.3 Å². The lowest BCUT2D eigenvalue weighted by Crippen LogP contribution is -2.25. The van der Waals surface area contributed by atoms with Gasteiger partial charge in [0.1, 0.15) is 5.84 Å². The molecule has 0 amide bonds. The lowest BCUT2D eigenvalue weighted by atomic mass is 10.1. The summed E-state index contributed by atoms with van der Waals surface area (Å²) in [4.78, 5) is 1.56. The summed E-state index contributed by atoms with van der Waals surface area (Å²) in [6, 6.07) is 6.98. The Balaban J connectivity index is 2.64. The van der Waals surface area contributed by atoms with Crippen LogP contribution in [0.2, 0.25) is 0 Å². The zero-order chi connectivity index (χ0) is 13.8. The molecular formula is C12H16F3N3. The average molecular weight is 259 g/mol. The summed E-state index contributed by atoms with van der Waals surface area (Å²) in [6.45, 7) is 0.265. The van der Waals surface area contributed by atoms with E-state index < -0.39 is 12.6 Å². The van der Waals surface area contributed by atoms with E-state index in [1.807, 2.05) is 0 Å². The fraction of sp³-hybridized carbons (Fsp3) is 0.417. The van der Waals surface area contributed by atoms with Crippen molar-refractivity contribution in [3.8, 4) is 0 Å². The summed E-state index contributed by atoms with van der Waals surface area (Å²) >= 11 is 0. The van der Waals surface area contributed by atoms with Crippen molar-refractivity contribution in [2.75, 3.05) is 13.6 Å². The summed E-state index contributed by atoms with van der Waals surface area (Å²) in [6.07, 6.45) is -4.99. The Labute approximate surface area is 104 Å². The van der Waals surface area contributed by atoms with Gasteiger partial charge in [0.2, 0.25) is 0 Å². The molecule has 0 aliphatic heterocycles. The molecule has 0 bridgehead atoms. The van der Waals surface area contributed by atoms with Gasteiger partial charge in [-0.05, 0) is 12.6 Å². The van der Waals surface area contributed by atoms with Gasteiger partial charge in [-0.15, -0.1) is 0 Å². The van der Waals surface area contributed by atoms with Gasteiger partial charge in [-0.2, -0.15) is 13.2 Å². The molecule has 0 aromatic heterocycles. The zero-order valence-electron chi connectivity index (χ0n) is 10.1. The van der Waals surface area contributed by atoms with Crippen LogP contribution in [0.4, 0.5) is 13.2 Å². The molecule has 0 fully saturated rings. The van der Waals surface area contributed by atoms with Crippen LogP contribution in [-0.2, 0) is 6.54 Å². The molecule has 0 spiro atoms. The van der Waals surface area contributed by atoms with Crippen molar-refractivity contribution in [3.63, 3.8) is 0 Å². The topological polar surface area (TPSA) is 53.1 Å². The van der Waals surface area contributed by atoms with Crippen molar-refractivity contribution < 1.29 is 13.2 Å². The first-order valence-electron chi connectivity index (χ1n) is 5.47. The van der Waals surface area contributed by atoms with E-state index in [2.05, 4.69) is 0 Å². The first-order chi connectivity index (χ1) is 8.29. The van der Waals surface area contributed by atoms with Gasteiger partial charge in [-0.3, -0.25) is 5.41 Å². The molecule has 6 heteroatoms. The fourth-order valence-corrected chi connectivity index (χ4v) is 1.61. The van der Waals surface area contributed by atoms with Crippen LogP contribution in [0.3, 0.4) is 0 Å². The Hall–Kier alpha value is -1.56. The van der Waals surface area contributed by atoms with Gasteiger partial charge in [0.15, 0.2) is 0 Å². The number of nitrogens with two attached hydrogens (primary N) is 1. The molecule has 0 atom stereocenters. The van der Waals surface area contributed by atoms with E-state index in [0.717, 1.165) is 5.56 Å². The Morgan fingerprint density at radius 1 is 1.33 bits per heavy atom. The molecule has 0 saturated heterocycles. The molecule has 3 nitrogen and oxygen atoms in total. The quantitative estimate of drug-likeness (QED) is 0.630. The second kappa shape index (κ2) is 5.86. The predicted molar refractivity (Wildman–Crippen MR) is 64.5 cm³/mol. The van der Waals surface area contributed by atoms with Crippen LogP contribution in [0.5, 0.6) is 0 Å². The number of hydrogen-bond donors (Lipinski definition) is 2. The van der Waals surface area contributed by atoms with Crippen molar-refractivity contribution in [2.24, 2.45) is 5.73 Å². The Bertz CT molecular complexity index is 415. The van der Waals surface area contributed by atoms with Crippen molar-refractivity contribution in [1.82, 2.24) is 4.90 Å². The van der Waals surface area contributed by atoms with Crippen LogP contribution in [-0.4, -0.2) is 30.5 Å². The summed E-state index contributed by atoms with van der Waals surface area (Å²) < 4.78 is 36.2. The van der Waals surface area contributed by atoms with Crippen LogP contribution in [0.15, 0.2) is 24.3 Å². The number of amidine groups is 1. The fourth-order valence-electron chi connectivity index (χ4n) is 1.61. The van der Waals surface area contributed by atoms with E-state index in [9.17, 15) is 13.2 Å². The molecule has 3 N–H and O–H groups in total. The van der Waals surface area contributed by atoms with E-state index in [1.165, 1.54) is 0 Å². The van der Waals surface area contributed by atoms with Crippen LogP contribution in [0, 0.1) is 5.41 Å². The highest BCUT2D eigenvalue weighted by Gasteiger charge is 2.27. The van der Waals surface area contributed by atoms with E-state index in [1.54, 1.807) is 36.2 Å². The minimum Gasteiger partial charge on any atom is -0.384 e. The second-order valence-electron chi connectivity index (χ2n) is 4.17. The number of benzene rings is 1. The molecule has 1 rings (SSSR count). The number of halogens is 3. The van der Waals surface area contributed by atoms with Gasteiger partial charge >= 0.3 is 6.18 Å². The van der Waals surface area contributed by atoms with Crippen molar-refractivity contribution in [3.05, 3.63) is 35.4 Å². The number of nitrogens with zero attached hydrogens (tertiary/aromatic N) is 1. The first kappa shape index (κ1) is 14.5. The third-order valence-electron chi connectivity index (χ3n) is 2.52. The summed E-state index contributed by atoms with van der Waals surface area (Å²) in [5, 5.41) is 7.40. The minimum atomic E-state index is -4.14. The predicted octanol–water partition coefficient (Wildman–Crippen LogP) is 2.35. The number of nitrogens with one attached hydrogen (secondary N) is 1. The molecule has 1 aromatic rings. The van der Waals surface area contributed by atoms with Crippen LogP contribution < -0.4 is 5.73 Å². The monoisotopic (exact) mass is 259 g/mol. The number of nitrogen functional groups attached to an aromatic ring is 1. The molecule has 0 aliphatic rings. The lowest BCUT2D eigenvalue weighted by molar-refractivity contribution is -0.137. The number of hydrogen-bond acceptors (Lipinski definition) is 2. The first-order valence-corrected chi connectivity index (χ1v) is 5.47. The maximum Gasteiger partial charge on any atom is 0.390 e. The van der Waals surface area contributed by atoms with Crippen molar-refractivity contribution in [2.45, 2.75) is 19.1 Å². The number of rotatable bonds is 5. The molecule has 18 heavy (non-hydrogen) atoms. The Morgan fingerprint density at radius 3 is 2.50 bits per heavy atom. The molecule has 0 heterocycles. The van der Waals surface area contributed by atoms with Crippen LogP contribution >= 0.6 is 0 Å². The third-order valence-corrected chi connectivity index (χ3v) is 2.52. The highest BCUT2D eigenvalue weighted by molar-refractivity contribution is 5.96. The molecule has 0 unspecified atom stereocenters. The summed E-state index contributed by atoms with van der Waals surface area (Å²) in [7, 11) is 1.61. The largest absolute Gasteiger partial charge is 0.390 e. The molecule has 100 valence electrons. The Morgan fingerprint density at radius 2 is 1.94 bits per heavy atom. The molecule has 0 saturated carbocycles. The van der Waals surface area contributed by atoms with E-state index in [4.69, 9.17) is 11.1 Å². The minimum absolute atomic E-state index is 0.0737. The zero-order valence-corrected chi connectivity index (χ0v) is 10.1. The molecule has 0 aliphatic carbocycles. The highest BCUT2D eigenvalue weighted by Crippen LogP contribution is 2.20. The lowest BCUT2D eigenvalue weighted by Gasteiger charge is -2.19. The maximum atomic E-state index is 12.1. The number of alkyl halides is 3. The molecule has 1 aromatic carbocycles. The highest BCUT2D eigenvalue weighted by atomic mass is 19.4. The second-order valence-corrected chi connectivity index (χ2v) is 4.17. The van der Waals surface area contributed by atoms with Gasteiger partial charge in [0.05, 0.1) is 6.42 Å². The standard InChI is InChI=1S/C12H16F3N3/c1-18(7-6-12(13,14)15)8-9-4-2-3-5-10(9)11(16)17/h2-5H,6-8H2,1H3,(H3,16,17). The van der Waals surface area contributed by atoms with Gasteiger partial charge in [0, 0.05) is 18.7 Å². The summed E-state index contributed by atoms with van der Waals surface area (Å²) in [5.74, 6) is -0.0742. The van der Waals surface area contributed by atoms with Gasteiger partial charge < -0.3 is 10.6 Å². The van der Waals surface area contributed by atoms with E-state index >= 15 is 0 Å². The van der Waals surface area contributed by atoms with E-state index in [0.29, 0.717) is 12.1 Å². The third kappa shape index (κ3) is 4.75. The maximum absolute atomic E-state index is 12.1. The van der Waals surface area contributed by atoms with Crippen molar-refractivity contribution in [1.29, 1.82) is 5.41 Å². The van der Waals surface area contributed by atoms with Crippen LogP contribution in [0.1, 0.15) is 17.5 Å². The molecular weight excluding hydrogens is 243 g/mol. The van der Waals surface area contributed by atoms with Gasteiger partial charge in [-0.25, -0.2) is 0 Å². The van der Waals surface area contributed by atoms with Crippen LogP contribution in [0.25, 0.3) is 0 Å². The Kier molecular flexibility index (Phi) is 4.72. The molecule has 0 radical (unpaired) electrons. The van der Waals surface area contributed by atoms with E-state index in [-0.39, 0.29) is 12.4 Å². The smallest absolute Gasteiger partial charge is 0.384 e. The van der Waals surface area contributed by atoms with Gasteiger partial charge in [0.25, 0.3) is 0 Å². The average Bonchev–Trinajstić information content (AvgIpc) is 2.26. The SMILES string of the molecule is CN(CCC(F)(F)F)Cc1ccccc1C(=N)N. The summed E-state index contributed by atoms with van der Waals surface area (Å²) in [5.41, 5.74) is 6.74. The normalized spacial score (nSPS) is 11.8. The van der Waals surface area contributed by atoms with Crippen molar-refractivity contribution >= 4 is 5.84 Å².